The van der Waals surface area contributed by atoms with Crippen LogP contribution in [-0.2, 0) is 10.0 Å². The normalized spacial score (nSPS) is 14.7. The molecule has 32 heavy (non-hydrogen) atoms. The molecule has 0 aliphatic heterocycles. The number of hydrogen-bond donors (Lipinski definition) is 3. The highest BCUT2D eigenvalue weighted by atomic mass is 35.5. The van der Waals surface area contributed by atoms with Crippen LogP contribution in [0.4, 0.5) is 23.1 Å². The van der Waals surface area contributed by atoms with Crippen LogP contribution < -0.4 is 15.4 Å². The van der Waals surface area contributed by atoms with E-state index >= 15 is 0 Å². The van der Waals surface area contributed by atoms with Crippen LogP contribution in [0, 0.1) is 6.92 Å². The van der Waals surface area contributed by atoms with Crippen molar-refractivity contribution < 1.29 is 8.42 Å². The molecule has 0 saturated heterocycles. The second-order valence-electron chi connectivity index (χ2n) is 7.96. The Morgan fingerprint density at radius 2 is 1.56 bits per heavy atom. The van der Waals surface area contributed by atoms with E-state index in [0.29, 0.717) is 28.5 Å². The van der Waals surface area contributed by atoms with Gasteiger partial charge in [0, 0.05) is 34.2 Å². The molecule has 1 aromatic heterocycles. The summed E-state index contributed by atoms with van der Waals surface area (Å²) >= 11 is 5.84. The molecule has 4 rings (SSSR count). The van der Waals surface area contributed by atoms with Gasteiger partial charge in [0.1, 0.15) is 5.82 Å². The van der Waals surface area contributed by atoms with Gasteiger partial charge in [-0.05, 0) is 68.3 Å². The average Bonchev–Trinajstić information content (AvgIpc) is 2.75. The maximum atomic E-state index is 12.5. The van der Waals surface area contributed by atoms with Gasteiger partial charge in [-0.1, -0.05) is 30.9 Å². The molecule has 1 aliphatic carbocycles. The van der Waals surface area contributed by atoms with E-state index in [1.165, 1.54) is 31.4 Å². The van der Waals surface area contributed by atoms with Crippen molar-refractivity contribution in [1.29, 1.82) is 0 Å². The van der Waals surface area contributed by atoms with Crippen LogP contribution in [0.2, 0.25) is 5.02 Å². The molecule has 3 aromatic rings. The standard InChI is InChI=1S/C23H26ClN5O2S/c1-16-15-22(28-23(25-16)27-18-5-3-2-4-6-18)26-19-9-11-20(12-10-19)29-32(30,31)21-13-7-17(24)8-14-21/h7-15,18,29H,2-6H2,1H3,(H2,25,26,27,28). The van der Waals surface area contributed by atoms with Crippen molar-refractivity contribution in [2.75, 3.05) is 15.4 Å². The van der Waals surface area contributed by atoms with Crippen molar-refractivity contribution in [3.8, 4) is 0 Å². The zero-order chi connectivity index (χ0) is 22.6. The molecule has 9 heteroatoms. The van der Waals surface area contributed by atoms with Crippen LogP contribution in [0.25, 0.3) is 0 Å². The van der Waals surface area contributed by atoms with Crippen LogP contribution >= 0.6 is 11.6 Å². The Morgan fingerprint density at radius 3 is 2.25 bits per heavy atom. The third kappa shape index (κ3) is 5.89. The molecule has 0 radical (unpaired) electrons. The molecule has 1 fully saturated rings. The molecule has 1 heterocycles. The Kier molecular flexibility index (Phi) is 6.81. The van der Waals surface area contributed by atoms with E-state index in [2.05, 4.69) is 25.3 Å². The number of nitrogens with zero attached hydrogens (tertiary/aromatic N) is 2. The zero-order valence-electron chi connectivity index (χ0n) is 17.8. The highest BCUT2D eigenvalue weighted by Gasteiger charge is 2.15. The number of anilines is 4. The number of nitrogens with one attached hydrogen (secondary N) is 3. The molecule has 0 unspecified atom stereocenters. The van der Waals surface area contributed by atoms with E-state index in [0.717, 1.165) is 24.2 Å². The van der Waals surface area contributed by atoms with Crippen molar-refractivity contribution in [1.82, 2.24) is 9.97 Å². The fourth-order valence-electron chi connectivity index (χ4n) is 3.72. The van der Waals surface area contributed by atoms with Crippen LogP contribution in [0.3, 0.4) is 0 Å². The van der Waals surface area contributed by atoms with Crippen LogP contribution in [0.15, 0.2) is 59.5 Å². The number of halogens is 1. The third-order valence-corrected chi connectivity index (χ3v) is 6.98. The van der Waals surface area contributed by atoms with Crippen LogP contribution in [0.1, 0.15) is 37.8 Å². The lowest BCUT2D eigenvalue weighted by Gasteiger charge is -2.23. The molecule has 0 amide bonds. The molecule has 1 saturated carbocycles. The highest BCUT2D eigenvalue weighted by molar-refractivity contribution is 7.92. The van der Waals surface area contributed by atoms with E-state index in [4.69, 9.17) is 11.6 Å². The topological polar surface area (TPSA) is 96.0 Å². The SMILES string of the molecule is Cc1cc(Nc2ccc(NS(=O)(=O)c3ccc(Cl)cc3)cc2)nc(NC2CCCCC2)n1. The van der Waals surface area contributed by atoms with Gasteiger partial charge in [-0.3, -0.25) is 4.72 Å². The van der Waals surface area contributed by atoms with Gasteiger partial charge in [0.2, 0.25) is 5.95 Å². The molecular formula is C23H26ClN5O2S. The smallest absolute Gasteiger partial charge is 0.261 e. The first kappa shape index (κ1) is 22.4. The molecule has 0 atom stereocenters. The number of aromatic nitrogens is 2. The summed E-state index contributed by atoms with van der Waals surface area (Å²) < 4.78 is 27.6. The molecule has 0 spiro atoms. The zero-order valence-corrected chi connectivity index (χ0v) is 19.4. The van der Waals surface area contributed by atoms with E-state index in [9.17, 15) is 8.42 Å². The Morgan fingerprint density at radius 1 is 0.906 bits per heavy atom. The summed E-state index contributed by atoms with van der Waals surface area (Å²) in [6, 6.07) is 15.3. The fraction of sp³-hybridized carbons (Fsp3) is 0.304. The number of benzene rings is 2. The highest BCUT2D eigenvalue weighted by Crippen LogP contribution is 2.24. The van der Waals surface area contributed by atoms with Crippen molar-refractivity contribution >= 4 is 44.8 Å². The summed E-state index contributed by atoms with van der Waals surface area (Å²) in [4.78, 5) is 9.26. The van der Waals surface area contributed by atoms with Gasteiger partial charge in [-0.15, -0.1) is 0 Å². The Balaban J connectivity index is 1.42. The number of hydrogen-bond acceptors (Lipinski definition) is 6. The summed E-state index contributed by atoms with van der Waals surface area (Å²) in [5.41, 5.74) is 2.12. The molecule has 2 aromatic carbocycles. The number of sulfonamides is 1. The minimum atomic E-state index is -3.69. The predicted molar refractivity (Wildman–Crippen MR) is 129 cm³/mol. The van der Waals surface area contributed by atoms with Crippen molar-refractivity contribution in [3.05, 3.63) is 65.3 Å². The molecule has 1 aliphatic rings. The lowest BCUT2D eigenvalue weighted by molar-refractivity contribution is 0.461. The Bertz CT molecular complexity index is 1160. The third-order valence-electron chi connectivity index (χ3n) is 5.33. The van der Waals surface area contributed by atoms with Crippen molar-refractivity contribution in [2.24, 2.45) is 0 Å². The van der Waals surface area contributed by atoms with Gasteiger partial charge in [-0.2, -0.15) is 4.98 Å². The van der Waals surface area contributed by atoms with Crippen LogP contribution in [-0.4, -0.2) is 24.4 Å². The van der Waals surface area contributed by atoms with Crippen molar-refractivity contribution in [2.45, 2.75) is 50.0 Å². The first-order valence-electron chi connectivity index (χ1n) is 10.7. The first-order valence-corrected chi connectivity index (χ1v) is 12.5. The number of rotatable bonds is 7. The average molecular weight is 472 g/mol. The minimum Gasteiger partial charge on any atom is -0.351 e. The maximum absolute atomic E-state index is 12.5. The van der Waals surface area contributed by atoms with E-state index in [1.807, 2.05) is 13.0 Å². The van der Waals surface area contributed by atoms with Crippen molar-refractivity contribution in [3.63, 3.8) is 0 Å². The lowest BCUT2D eigenvalue weighted by atomic mass is 9.96. The molecule has 3 N–H and O–H groups in total. The van der Waals surface area contributed by atoms with Crippen LogP contribution in [0.5, 0.6) is 0 Å². The lowest BCUT2D eigenvalue weighted by Crippen LogP contribution is -2.23. The van der Waals surface area contributed by atoms with Gasteiger partial charge < -0.3 is 10.6 Å². The fourth-order valence-corrected chi connectivity index (χ4v) is 4.91. The summed E-state index contributed by atoms with van der Waals surface area (Å²) in [7, 11) is -3.69. The monoisotopic (exact) mass is 471 g/mol. The van der Waals surface area contributed by atoms with Gasteiger partial charge >= 0.3 is 0 Å². The molecule has 168 valence electrons. The minimum absolute atomic E-state index is 0.151. The second kappa shape index (κ2) is 9.75. The Hall–Kier alpha value is -2.84. The summed E-state index contributed by atoms with van der Waals surface area (Å²) in [5.74, 6) is 1.32. The summed E-state index contributed by atoms with van der Waals surface area (Å²) in [5, 5.41) is 7.20. The first-order chi connectivity index (χ1) is 15.4. The van der Waals surface area contributed by atoms with E-state index in [1.54, 1.807) is 36.4 Å². The van der Waals surface area contributed by atoms with Gasteiger partial charge in [-0.25, -0.2) is 13.4 Å². The van der Waals surface area contributed by atoms with Gasteiger partial charge in [0.05, 0.1) is 4.90 Å². The van der Waals surface area contributed by atoms with E-state index < -0.39 is 10.0 Å². The largest absolute Gasteiger partial charge is 0.351 e. The second-order valence-corrected chi connectivity index (χ2v) is 10.1. The quantitative estimate of drug-likeness (QED) is 0.407. The summed E-state index contributed by atoms with van der Waals surface area (Å²) in [6.45, 7) is 1.94. The van der Waals surface area contributed by atoms with Gasteiger partial charge in [0.15, 0.2) is 0 Å². The number of aryl methyl sites for hydroxylation is 1. The maximum Gasteiger partial charge on any atom is 0.261 e. The molecule has 7 nitrogen and oxygen atoms in total. The molecular weight excluding hydrogens is 446 g/mol. The molecule has 0 bridgehead atoms. The van der Waals surface area contributed by atoms with Gasteiger partial charge in [0.25, 0.3) is 10.0 Å². The Labute approximate surface area is 193 Å². The summed E-state index contributed by atoms with van der Waals surface area (Å²) in [6.07, 6.45) is 6.07. The van der Waals surface area contributed by atoms with E-state index in [-0.39, 0.29) is 4.90 Å². The predicted octanol–water partition coefficient (Wildman–Crippen LogP) is 5.73.